The molecule has 2 heterocycles. The standard InChI is InChI=1S/C23H19ClN4O3.ClH/c24-23(22(25)30,16-6-2-1-3-7-16)17-8-10-18(11-9-17)27-21(29)20-13-19(28-31-20)15-5-4-12-26-14-15;/h1-12,14,20H,13H2,(H2,25,30)(H,27,29);1H. The molecule has 2 atom stereocenters. The first-order valence-corrected chi connectivity index (χ1v) is 9.95. The first kappa shape index (κ1) is 23.2. The Bertz CT molecular complexity index is 1120. The van der Waals surface area contributed by atoms with Crippen LogP contribution in [-0.4, -0.2) is 28.6 Å². The van der Waals surface area contributed by atoms with Crippen molar-refractivity contribution < 1.29 is 14.4 Å². The second-order valence-electron chi connectivity index (χ2n) is 7.03. The van der Waals surface area contributed by atoms with Gasteiger partial charge in [-0.3, -0.25) is 14.6 Å². The summed E-state index contributed by atoms with van der Waals surface area (Å²) in [4.78, 5) is 32.6. The second kappa shape index (κ2) is 9.80. The van der Waals surface area contributed by atoms with Crippen LogP contribution in [0.25, 0.3) is 0 Å². The molecular weight excluding hydrogens is 451 g/mol. The van der Waals surface area contributed by atoms with E-state index in [2.05, 4.69) is 15.5 Å². The van der Waals surface area contributed by atoms with E-state index in [1.807, 2.05) is 12.1 Å². The third-order valence-corrected chi connectivity index (χ3v) is 5.64. The minimum atomic E-state index is -1.51. The lowest BCUT2D eigenvalue weighted by Crippen LogP contribution is -2.37. The van der Waals surface area contributed by atoms with E-state index in [1.165, 1.54) is 0 Å². The van der Waals surface area contributed by atoms with E-state index in [0.717, 1.165) is 5.56 Å². The van der Waals surface area contributed by atoms with Crippen LogP contribution >= 0.6 is 24.0 Å². The average molecular weight is 471 g/mol. The number of oxime groups is 1. The van der Waals surface area contributed by atoms with Crippen LogP contribution in [0.3, 0.4) is 0 Å². The number of carbonyl (C=O) groups excluding carboxylic acids is 2. The number of alkyl halides is 1. The second-order valence-corrected chi connectivity index (χ2v) is 7.60. The predicted molar refractivity (Wildman–Crippen MR) is 125 cm³/mol. The molecule has 0 fully saturated rings. The molecule has 0 spiro atoms. The summed E-state index contributed by atoms with van der Waals surface area (Å²) in [6, 6.07) is 19.2. The van der Waals surface area contributed by atoms with Crippen LogP contribution in [-0.2, 0) is 19.3 Å². The third kappa shape index (κ3) is 4.59. The van der Waals surface area contributed by atoms with Crippen molar-refractivity contribution in [2.75, 3.05) is 5.32 Å². The molecule has 1 aliphatic heterocycles. The highest BCUT2D eigenvalue weighted by Gasteiger charge is 2.38. The highest BCUT2D eigenvalue weighted by molar-refractivity contribution is 6.36. The summed E-state index contributed by atoms with van der Waals surface area (Å²) < 4.78 is 0. The predicted octanol–water partition coefficient (Wildman–Crippen LogP) is 3.60. The maximum absolute atomic E-state index is 12.6. The number of amides is 2. The van der Waals surface area contributed by atoms with Crippen molar-refractivity contribution in [3.05, 3.63) is 95.8 Å². The Morgan fingerprint density at radius 3 is 2.34 bits per heavy atom. The third-order valence-electron chi connectivity index (χ3n) is 5.02. The molecule has 1 aromatic heterocycles. The molecule has 1 aliphatic rings. The van der Waals surface area contributed by atoms with Gasteiger partial charge in [0, 0.05) is 30.1 Å². The van der Waals surface area contributed by atoms with Crippen molar-refractivity contribution in [1.29, 1.82) is 0 Å². The summed E-state index contributed by atoms with van der Waals surface area (Å²) in [7, 11) is 0. The van der Waals surface area contributed by atoms with Gasteiger partial charge in [0.2, 0.25) is 12.0 Å². The summed E-state index contributed by atoms with van der Waals surface area (Å²) in [6.07, 6.45) is 2.94. The fraction of sp³-hybridized carbons (Fsp3) is 0.130. The first-order chi connectivity index (χ1) is 15.0. The van der Waals surface area contributed by atoms with Gasteiger partial charge in [-0.15, -0.1) is 12.4 Å². The molecule has 0 radical (unpaired) electrons. The van der Waals surface area contributed by atoms with Crippen LogP contribution < -0.4 is 11.1 Å². The largest absolute Gasteiger partial charge is 0.382 e. The zero-order valence-electron chi connectivity index (χ0n) is 16.8. The van der Waals surface area contributed by atoms with E-state index in [-0.39, 0.29) is 18.3 Å². The molecule has 0 aliphatic carbocycles. The van der Waals surface area contributed by atoms with Gasteiger partial charge in [-0.25, -0.2) is 0 Å². The van der Waals surface area contributed by atoms with Gasteiger partial charge in [0.1, 0.15) is 0 Å². The van der Waals surface area contributed by atoms with Crippen LogP contribution in [0.15, 0.2) is 84.3 Å². The first-order valence-electron chi connectivity index (χ1n) is 9.57. The summed E-state index contributed by atoms with van der Waals surface area (Å²) in [5.74, 6) is -1.01. The molecule has 9 heteroatoms. The Morgan fingerprint density at radius 1 is 1.03 bits per heavy atom. The SMILES string of the molecule is Cl.NC(=O)C(Cl)(c1ccccc1)c1ccc(NC(=O)C2CC(c3cccnc3)=NO2)cc1. The summed E-state index contributed by atoms with van der Waals surface area (Å²) >= 11 is 6.66. The summed E-state index contributed by atoms with van der Waals surface area (Å²) in [6.45, 7) is 0. The van der Waals surface area contributed by atoms with Gasteiger partial charge < -0.3 is 15.9 Å². The molecule has 3 aromatic rings. The monoisotopic (exact) mass is 470 g/mol. The van der Waals surface area contributed by atoms with Crippen LogP contribution in [0, 0.1) is 0 Å². The molecule has 0 bridgehead atoms. The molecular formula is C23H20Cl2N4O3. The Morgan fingerprint density at radius 2 is 1.72 bits per heavy atom. The average Bonchev–Trinajstić information content (AvgIpc) is 3.31. The number of nitrogens with zero attached hydrogens (tertiary/aromatic N) is 2. The van der Waals surface area contributed by atoms with Crippen LogP contribution in [0.2, 0.25) is 0 Å². The molecule has 2 unspecified atom stereocenters. The Hall–Kier alpha value is -3.42. The maximum Gasteiger partial charge on any atom is 0.268 e. The number of carbonyl (C=O) groups is 2. The minimum absolute atomic E-state index is 0. The Balaban J connectivity index is 0.00000289. The number of hydrogen-bond donors (Lipinski definition) is 2. The number of nitrogens with two attached hydrogens (primary N) is 1. The molecule has 2 amide bonds. The number of rotatable bonds is 6. The van der Waals surface area contributed by atoms with E-state index in [4.69, 9.17) is 22.2 Å². The molecule has 32 heavy (non-hydrogen) atoms. The van der Waals surface area contributed by atoms with E-state index < -0.39 is 16.9 Å². The molecule has 2 aromatic carbocycles. The Kier molecular flexibility index (Phi) is 7.12. The van der Waals surface area contributed by atoms with E-state index in [1.54, 1.807) is 67.0 Å². The van der Waals surface area contributed by atoms with Gasteiger partial charge in [0.25, 0.3) is 5.91 Å². The van der Waals surface area contributed by atoms with Crippen LogP contribution in [0.5, 0.6) is 0 Å². The smallest absolute Gasteiger partial charge is 0.268 e. The molecule has 0 saturated heterocycles. The number of benzene rings is 2. The number of hydrogen-bond acceptors (Lipinski definition) is 5. The fourth-order valence-corrected chi connectivity index (χ4v) is 3.60. The van der Waals surface area contributed by atoms with Gasteiger partial charge in [-0.1, -0.05) is 59.2 Å². The lowest BCUT2D eigenvalue weighted by atomic mass is 9.89. The minimum Gasteiger partial charge on any atom is -0.382 e. The quantitative estimate of drug-likeness (QED) is 0.536. The number of anilines is 1. The van der Waals surface area contributed by atoms with Crippen molar-refractivity contribution >= 4 is 47.2 Å². The number of pyridine rings is 1. The van der Waals surface area contributed by atoms with Crippen molar-refractivity contribution in [3.8, 4) is 0 Å². The lowest BCUT2D eigenvalue weighted by molar-refractivity contribution is -0.125. The van der Waals surface area contributed by atoms with Gasteiger partial charge in [-0.05, 0) is 35.4 Å². The van der Waals surface area contributed by atoms with Crippen LogP contribution in [0.4, 0.5) is 5.69 Å². The van der Waals surface area contributed by atoms with Gasteiger partial charge >= 0.3 is 0 Å². The molecule has 4 rings (SSSR count). The molecule has 3 N–H and O–H groups in total. The number of nitrogens with one attached hydrogen (secondary N) is 1. The number of halogens is 2. The lowest BCUT2D eigenvalue weighted by Gasteiger charge is -2.25. The number of aromatic nitrogens is 1. The maximum atomic E-state index is 12.6. The van der Waals surface area contributed by atoms with Crippen molar-refractivity contribution in [3.63, 3.8) is 0 Å². The highest BCUT2D eigenvalue weighted by Crippen LogP contribution is 2.37. The van der Waals surface area contributed by atoms with Gasteiger partial charge in [-0.2, -0.15) is 0 Å². The molecule has 0 saturated carbocycles. The van der Waals surface area contributed by atoms with Gasteiger partial charge in [0.15, 0.2) is 4.87 Å². The van der Waals surface area contributed by atoms with Crippen molar-refractivity contribution in [2.45, 2.75) is 17.4 Å². The number of primary amides is 1. The van der Waals surface area contributed by atoms with Crippen molar-refractivity contribution in [1.82, 2.24) is 4.98 Å². The molecule has 164 valence electrons. The highest BCUT2D eigenvalue weighted by atomic mass is 35.5. The summed E-state index contributed by atoms with van der Waals surface area (Å²) in [5.41, 5.74) is 8.71. The summed E-state index contributed by atoms with van der Waals surface area (Å²) in [5, 5.41) is 6.79. The van der Waals surface area contributed by atoms with E-state index >= 15 is 0 Å². The normalized spacial score (nSPS) is 16.7. The Labute approximate surface area is 196 Å². The van der Waals surface area contributed by atoms with E-state index in [9.17, 15) is 9.59 Å². The van der Waals surface area contributed by atoms with Crippen molar-refractivity contribution in [2.24, 2.45) is 10.9 Å². The zero-order valence-corrected chi connectivity index (χ0v) is 18.3. The topological polar surface area (TPSA) is 107 Å². The van der Waals surface area contributed by atoms with Gasteiger partial charge in [0.05, 0.1) is 5.71 Å². The van der Waals surface area contributed by atoms with E-state index in [0.29, 0.717) is 28.9 Å². The fourth-order valence-electron chi connectivity index (χ4n) is 3.35. The van der Waals surface area contributed by atoms with Crippen LogP contribution in [0.1, 0.15) is 23.1 Å². The molecule has 7 nitrogen and oxygen atoms in total. The zero-order chi connectivity index (χ0) is 21.8.